The minimum atomic E-state index is -4.15. The first kappa shape index (κ1) is 30.8. The number of amides is 2. The second-order valence-corrected chi connectivity index (χ2v) is 11.9. The maximum atomic E-state index is 13.8. The lowest BCUT2D eigenvalue weighted by atomic mass is 10.1. The Morgan fingerprint density at radius 1 is 1.03 bits per heavy atom. The minimum absolute atomic E-state index is 0.0940. The third-order valence-corrected chi connectivity index (χ3v) is 8.12. The molecule has 0 radical (unpaired) electrons. The third kappa shape index (κ3) is 8.04. The summed E-state index contributed by atoms with van der Waals surface area (Å²) in [6.07, 6.45) is 0.259. The monoisotopic (exact) mass is 574 g/mol. The maximum Gasteiger partial charge on any atom is 0.304 e. The van der Waals surface area contributed by atoms with Crippen LogP contribution in [-0.2, 0) is 26.3 Å². The smallest absolute Gasteiger partial charge is 0.304 e. The summed E-state index contributed by atoms with van der Waals surface area (Å²) in [5.74, 6) is -1.41. The molecule has 1 atom stereocenters. The molecule has 8 nitrogen and oxygen atoms in total. The van der Waals surface area contributed by atoms with Crippen molar-refractivity contribution < 1.29 is 22.4 Å². The van der Waals surface area contributed by atoms with Crippen molar-refractivity contribution in [3.63, 3.8) is 0 Å². The predicted octanol–water partition coefficient (Wildman–Crippen LogP) is 4.32. The standard InChI is InChI=1S/C25H33Cl2FN4O4S/c1-6-23(25(34)29-14-17(2)3)31(15-20-21(26)8-7-9-22(20)27)24(33)16-32(37(35,36)30(4)5)19-12-10-18(28)11-13-19/h7-13,17,23H,6,14-16H2,1-5H3,(H,29,34). The van der Waals surface area contributed by atoms with Crippen LogP contribution in [0.1, 0.15) is 32.8 Å². The van der Waals surface area contributed by atoms with E-state index in [-0.39, 0.29) is 30.5 Å². The average Bonchev–Trinajstić information content (AvgIpc) is 2.83. The number of halogens is 3. The van der Waals surface area contributed by atoms with Crippen molar-refractivity contribution >= 4 is 50.9 Å². The van der Waals surface area contributed by atoms with Gasteiger partial charge in [-0.25, -0.2) is 8.70 Å². The third-order valence-electron chi connectivity index (χ3n) is 5.59. The lowest BCUT2D eigenvalue weighted by Crippen LogP contribution is -2.53. The molecule has 0 aliphatic carbocycles. The fourth-order valence-corrected chi connectivity index (χ4v) is 5.09. The summed E-state index contributed by atoms with van der Waals surface area (Å²) in [5.41, 5.74) is 0.523. The van der Waals surface area contributed by atoms with E-state index in [9.17, 15) is 22.4 Å². The van der Waals surface area contributed by atoms with Crippen molar-refractivity contribution in [1.29, 1.82) is 0 Å². The summed E-state index contributed by atoms with van der Waals surface area (Å²) >= 11 is 12.7. The zero-order valence-electron chi connectivity index (χ0n) is 21.5. The Labute approximate surface area is 228 Å². The van der Waals surface area contributed by atoms with Crippen LogP contribution in [0, 0.1) is 11.7 Å². The number of carbonyl (C=O) groups is 2. The molecule has 2 aromatic carbocycles. The Bertz CT molecular complexity index is 1170. The average molecular weight is 576 g/mol. The molecule has 2 aromatic rings. The highest BCUT2D eigenvalue weighted by Crippen LogP contribution is 2.28. The number of hydrogen-bond acceptors (Lipinski definition) is 4. The topological polar surface area (TPSA) is 90.0 Å². The van der Waals surface area contributed by atoms with Gasteiger partial charge in [-0.2, -0.15) is 12.7 Å². The first-order valence-electron chi connectivity index (χ1n) is 11.7. The van der Waals surface area contributed by atoms with E-state index in [4.69, 9.17) is 23.2 Å². The van der Waals surface area contributed by atoms with E-state index in [2.05, 4.69) is 5.32 Å². The summed E-state index contributed by atoms with van der Waals surface area (Å²) in [7, 11) is -1.50. The van der Waals surface area contributed by atoms with E-state index in [1.807, 2.05) is 13.8 Å². The second kappa shape index (κ2) is 13.4. The molecule has 2 amide bonds. The van der Waals surface area contributed by atoms with E-state index in [0.29, 0.717) is 22.2 Å². The predicted molar refractivity (Wildman–Crippen MR) is 145 cm³/mol. The molecule has 1 N–H and O–H groups in total. The van der Waals surface area contributed by atoms with Crippen LogP contribution in [0.2, 0.25) is 10.0 Å². The van der Waals surface area contributed by atoms with Gasteiger partial charge in [0.15, 0.2) is 0 Å². The molecule has 0 saturated carbocycles. The van der Waals surface area contributed by atoms with Gasteiger partial charge in [0.2, 0.25) is 11.8 Å². The first-order valence-corrected chi connectivity index (χ1v) is 13.9. The number of carbonyl (C=O) groups excluding carboxylic acids is 2. The van der Waals surface area contributed by atoms with Crippen molar-refractivity contribution in [2.45, 2.75) is 39.8 Å². The summed E-state index contributed by atoms with van der Waals surface area (Å²) in [6, 6.07) is 8.72. The fraction of sp³-hybridized carbons (Fsp3) is 0.440. The normalized spacial score (nSPS) is 12.5. The van der Waals surface area contributed by atoms with Crippen molar-refractivity contribution in [3.8, 4) is 0 Å². The molecular formula is C25H33Cl2FN4O4S. The van der Waals surface area contributed by atoms with Crippen molar-refractivity contribution in [3.05, 3.63) is 63.9 Å². The van der Waals surface area contributed by atoms with Gasteiger partial charge in [-0.15, -0.1) is 0 Å². The molecule has 0 saturated heterocycles. The van der Waals surface area contributed by atoms with Gasteiger partial charge in [0.1, 0.15) is 18.4 Å². The molecule has 0 heterocycles. The van der Waals surface area contributed by atoms with E-state index in [0.717, 1.165) is 20.7 Å². The van der Waals surface area contributed by atoms with Gasteiger partial charge in [-0.3, -0.25) is 9.59 Å². The Kier molecular flexibility index (Phi) is 11.2. The molecule has 204 valence electrons. The molecule has 2 rings (SSSR count). The van der Waals surface area contributed by atoms with Gasteiger partial charge < -0.3 is 10.2 Å². The number of nitrogens with one attached hydrogen (secondary N) is 1. The molecule has 0 aromatic heterocycles. The summed E-state index contributed by atoms with van der Waals surface area (Å²) in [4.78, 5) is 28.2. The van der Waals surface area contributed by atoms with Crippen LogP contribution in [0.4, 0.5) is 10.1 Å². The summed E-state index contributed by atoms with van der Waals surface area (Å²) in [6.45, 7) is 5.29. The molecule has 0 spiro atoms. The lowest BCUT2D eigenvalue weighted by molar-refractivity contribution is -0.140. The van der Waals surface area contributed by atoms with Crippen molar-refractivity contribution in [2.24, 2.45) is 5.92 Å². The van der Waals surface area contributed by atoms with Gasteiger partial charge in [-0.05, 0) is 48.7 Å². The molecular weight excluding hydrogens is 542 g/mol. The number of anilines is 1. The van der Waals surface area contributed by atoms with Crippen LogP contribution in [0.5, 0.6) is 0 Å². The lowest BCUT2D eigenvalue weighted by Gasteiger charge is -2.34. The van der Waals surface area contributed by atoms with Crippen molar-refractivity contribution in [1.82, 2.24) is 14.5 Å². The molecule has 12 heteroatoms. The number of rotatable bonds is 12. The highest BCUT2D eigenvalue weighted by molar-refractivity contribution is 7.90. The maximum absolute atomic E-state index is 13.8. The molecule has 0 fully saturated rings. The number of nitrogens with zero attached hydrogens (tertiary/aromatic N) is 3. The zero-order chi connectivity index (χ0) is 27.9. The van der Waals surface area contributed by atoms with Gasteiger partial charge in [-0.1, -0.05) is 50.0 Å². The second-order valence-electron chi connectivity index (χ2n) is 9.06. The molecule has 37 heavy (non-hydrogen) atoms. The van der Waals surface area contributed by atoms with Gasteiger partial charge in [0, 0.05) is 42.8 Å². The van der Waals surface area contributed by atoms with Crippen LogP contribution in [-0.4, -0.2) is 62.7 Å². The zero-order valence-corrected chi connectivity index (χ0v) is 23.9. The number of hydrogen-bond donors (Lipinski definition) is 1. The minimum Gasteiger partial charge on any atom is -0.354 e. The largest absolute Gasteiger partial charge is 0.354 e. The van der Waals surface area contributed by atoms with Gasteiger partial charge in [0.05, 0.1) is 5.69 Å². The Balaban J connectivity index is 2.54. The quantitative estimate of drug-likeness (QED) is 0.408. The Morgan fingerprint density at radius 2 is 1.59 bits per heavy atom. The van der Waals surface area contributed by atoms with Crippen molar-refractivity contribution in [2.75, 3.05) is 31.5 Å². The summed E-state index contributed by atoms with van der Waals surface area (Å²) < 4.78 is 41.7. The molecule has 0 bridgehead atoms. The highest BCUT2D eigenvalue weighted by Gasteiger charge is 2.34. The van der Waals surface area contributed by atoms with Crippen LogP contribution < -0.4 is 9.62 Å². The fourth-order valence-electron chi connectivity index (χ4n) is 3.52. The Hall–Kier alpha value is -2.40. The van der Waals surface area contributed by atoms with E-state index in [1.165, 1.54) is 31.1 Å². The van der Waals surface area contributed by atoms with Crippen LogP contribution >= 0.6 is 23.2 Å². The first-order chi connectivity index (χ1) is 17.3. The SMILES string of the molecule is CCC(C(=O)NCC(C)C)N(Cc1c(Cl)cccc1Cl)C(=O)CN(c1ccc(F)cc1)S(=O)(=O)N(C)C. The van der Waals surface area contributed by atoms with E-state index in [1.54, 1.807) is 25.1 Å². The van der Waals surface area contributed by atoms with E-state index >= 15 is 0 Å². The van der Waals surface area contributed by atoms with E-state index < -0.39 is 34.5 Å². The molecule has 1 unspecified atom stereocenters. The Morgan fingerprint density at radius 3 is 2.08 bits per heavy atom. The highest BCUT2D eigenvalue weighted by atomic mass is 35.5. The van der Waals surface area contributed by atoms with Crippen LogP contribution in [0.25, 0.3) is 0 Å². The molecule has 0 aliphatic heterocycles. The number of benzene rings is 2. The summed E-state index contributed by atoms with van der Waals surface area (Å²) in [5, 5.41) is 3.45. The van der Waals surface area contributed by atoms with Crippen LogP contribution in [0.15, 0.2) is 42.5 Å². The van der Waals surface area contributed by atoms with Gasteiger partial charge >= 0.3 is 10.2 Å². The van der Waals surface area contributed by atoms with Gasteiger partial charge in [0.25, 0.3) is 0 Å². The van der Waals surface area contributed by atoms with Crippen LogP contribution in [0.3, 0.4) is 0 Å². The molecule has 0 aliphatic rings.